The molecule has 0 saturated heterocycles. The highest BCUT2D eigenvalue weighted by Crippen LogP contribution is 2.32. The highest BCUT2D eigenvalue weighted by Gasteiger charge is 2.32. The Hall–Kier alpha value is -3.33. The molecule has 3 aromatic rings. The van der Waals surface area contributed by atoms with Gasteiger partial charge in [0.15, 0.2) is 11.4 Å². The van der Waals surface area contributed by atoms with Crippen molar-refractivity contribution in [3.63, 3.8) is 0 Å². The fraction of sp³-hybridized carbons (Fsp3) is 0.238. The number of alkyl halides is 3. The van der Waals surface area contributed by atoms with Crippen LogP contribution in [0.25, 0.3) is 11.2 Å². The molecule has 1 aliphatic carbocycles. The molecular weight excluding hydrogens is 397 g/mol. The van der Waals surface area contributed by atoms with Crippen molar-refractivity contribution in [2.75, 3.05) is 5.32 Å². The lowest BCUT2D eigenvalue weighted by Crippen LogP contribution is -2.20. The monoisotopic (exact) mass is 416 g/mol. The lowest BCUT2D eigenvalue weighted by molar-refractivity contribution is -0.274. The van der Waals surface area contributed by atoms with Crippen molar-refractivity contribution in [3.05, 3.63) is 65.9 Å². The van der Waals surface area contributed by atoms with Crippen LogP contribution in [0.5, 0.6) is 5.75 Å². The molecular formula is C21H19F3N4O2. The maximum absolute atomic E-state index is 12.6. The van der Waals surface area contributed by atoms with Gasteiger partial charge >= 0.3 is 6.36 Å². The molecule has 0 spiro atoms. The molecule has 156 valence electrons. The van der Waals surface area contributed by atoms with E-state index in [0.29, 0.717) is 5.65 Å². The average Bonchev–Trinajstić information content (AvgIpc) is 3.07. The van der Waals surface area contributed by atoms with E-state index in [2.05, 4.69) is 20.1 Å². The maximum Gasteiger partial charge on any atom is 0.573 e. The molecule has 2 N–H and O–H groups in total. The van der Waals surface area contributed by atoms with Gasteiger partial charge in [-0.3, -0.25) is 0 Å². The minimum absolute atomic E-state index is 0.0150. The van der Waals surface area contributed by atoms with Gasteiger partial charge in [-0.25, -0.2) is 4.52 Å². The van der Waals surface area contributed by atoms with Gasteiger partial charge < -0.3 is 15.2 Å². The minimum Gasteiger partial charge on any atom is -0.404 e. The number of anilines is 2. The Bertz CT molecular complexity index is 1150. The Kier molecular flexibility index (Phi) is 4.98. The van der Waals surface area contributed by atoms with Crippen LogP contribution in [-0.2, 0) is 0 Å². The summed E-state index contributed by atoms with van der Waals surface area (Å²) >= 11 is 0. The van der Waals surface area contributed by atoms with E-state index in [-0.39, 0.29) is 23.3 Å². The Morgan fingerprint density at radius 3 is 2.67 bits per heavy atom. The summed E-state index contributed by atoms with van der Waals surface area (Å²) in [5.41, 5.74) is 3.35. The van der Waals surface area contributed by atoms with E-state index in [9.17, 15) is 18.3 Å². The first-order chi connectivity index (χ1) is 14.2. The molecule has 0 aliphatic heterocycles. The van der Waals surface area contributed by atoms with Crippen LogP contribution < -0.4 is 10.1 Å². The van der Waals surface area contributed by atoms with E-state index in [1.54, 1.807) is 22.8 Å². The van der Waals surface area contributed by atoms with Crippen LogP contribution in [0, 0.1) is 5.92 Å². The van der Waals surface area contributed by atoms with E-state index in [1.165, 1.54) is 18.2 Å². The topological polar surface area (TPSA) is 71.7 Å². The maximum atomic E-state index is 12.6. The van der Waals surface area contributed by atoms with Crippen LogP contribution in [0.2, 0.25) is 0 Å². The number of benzene rings is 1. The first kappa shape index (κ1) is 20.0. The number of nitrogens with one attached hydrogen (secondary N) is 1. The third-order valence-corrected chi connectivity index (χ3v) is 4.81. The number of halogens is 3. The van der Waals surface area contributed by atoms with Crippen molar-refractivity contribution in [3.8, 4) is 5.75 Å². The second-order valence-corrected chi connectivity index (χ2v) is 7.14. The molecule has 0 radical (unpaired) electrons. The SMILES string of the molecule is CC1=CC(c2ccc3nc(Nc4ccccc4OC(F)(F)F)nn3c2)=CC(C)C1O. The molecule has 0 fully saturated rings. The summed E-state index contributed by atoms with van der Waals surface area (Å²) in [6.07, 6.45) is 0.389. The van der Waals surface area contributed by atoms with Gasteiger partial charge in [0.25, 0.3) is 0 Å². The van der Waals surface area contributed by atoms with E-state index >= 15 is 0 Å². The van der Waals surface area contributed by atoms with E-state index in [0.717, 1.165) is 16.7 Å². The number of hydrogen-bond donors (Lipinski definition) is 2. The highest BCUT2D eigenvalue weighted by atomic mass is 19.4. The number of nitrogens with zero attached hydrogens (tertiary/aromatic N) is 3. The summed E-state index contributed by atoms with van der Waals surface area (Å²) in [5.74, 6) is -0.248. The van der Waals surface area contributed by atoms with Gasteiger partial charge in [-0.2, -0.15) is 4.98 Å². The van der Waals surface area contributed by atoms with Gasteiger partial charge in [0.05, 0.1) is 11.8 Å². The summed E-state index contributed by atoms with van der Waals surface area (Å²) in [6.45, 7) is 3.82. The Morgan fingerprint density at radius 2 is 1.93 bits per heavy atom. The molecule has 2 aromatic heterocycles. The predicted octanol–water partition coefficient (Wildman–Crippen LogP) is 4.71. The number of fused-ring (bicyclic) bond motifs is 1. The summed E-state index contributed by atoms with van der Waals surface area (Å²) in [4.78, 5) is 4.30. The second kappa shape index (κ2) is 7.49. The normalized spacial score (nSPS) is 19.4. The van der Waals surface area contributed by atoms with Crippen LogP contribution in [-0.4, -0.2) is 32.2 Å². The van der Waals surface area contributed by atoms with Crippen molar-refractivity contribution in [2.24, 2.45) is 5.92 Å². The van der Waals surface area contributed by atoms with Crippen molar-refractivity contribution >= 4 is 22.9 Å². The minimum atomic E-state index is -4.80. The number of aliphatic hydroxyl groups excluding tert-OH is 1. The van der Waals surface area contributed by atoms with Crippen molar-refractivity contribution < 1.29 is 23.0 Å². The molecule has 0 amide bonds. The second-order valence-electron chi connectivity index (χ2n) is 7.14. The lowest BCUT2D eigenvalue weighted by atomic mass is 9.87. The van der Waals surface area contributed by atoms with E-state index in [4.69, 9.17) is 0 Å². The number of allylic oxidation sites excluding steroid dienone is 2. The highest BCUT2D eigenvalue weighted by molar-refractivity contribution is 5.76. The summed E-state index contributed by atoms with van der Waals surface area (Å²) in [6, 6.07) is 9.34. The van der Waals surface area contributed by atoms with Crippen LogP contribution >= 0.6 is 0 Å². The fourth-order valence-electron chi connectivity index (χ4n) is 3.36. The van der Waals surface area contributed by atoms with Gasteiger partial charge in [-0.15, -0.1) is 18.3 Å². The molecule has 1 aromatic carbocycles. The third-order valence-electron chi connectivity index (χ3n) is 4.81. The molecule has 30 heavy (non-hydrogen) atoms. The number of hydrogen-bond acceptors (Lipinski definition) is 5. The Morgan fingerprint density at radius 1 is 1.17 bits per heavy atom. The average molecular weight is 416 g/mol. The number of ether oxygens (including phenoxy) is 1. The van der Waals surface area contributed by atoms with Crippen molar-refractivity contribution in [2.45, 2.75) is 26.3 Å². The molecule has 9 heteroatoms. The van der Waals surface area contributed by atoms with Gasteiger partial charge in [-0.05, 0) is 47.9 Å². The summed E-state index contributed by atoms with van der Waals surface area (Å²) < 4.78 is 43.4. The molecule has 6 nitrogen and oxygen atoms in total. The predicted molar refractivity (Wildman–Crippen MR) is 106 cm³/mol. The zero-order chi connectivity index (χ0) is 21.5. The number of pyridine rings is 1. The van der Waals surface area contributed by atoms with E-state index in [1.807, 2.05) is 32.1 Å². The number of aliphatic hydroxyl groups is 1. The lowest BCUT2D eigenvalue weighted by Gasteiger charge is -2.23. The zero-order valence-electron chi connectivity index (χ0n) is 16.2. The number of aromatic nitrogens is 3. The molecule has 1 aliphatic rings. The van der Waals surface area contributed by atoms with Crippen molar-refractivity contribution in [1.82, 2.24) is 14.6 Å². The smallest absolute Gasteiger partial charge is 0.404 e. The molecule has 2 atom stereocenters. The first-order valence-corrected chi connectivity index (χ1v) is 9.26. The summed E-state index contributed by atoms with van der Waals surface area (Å²) in [7, 11) is 0. The first-order valence-electron chi connectivity index (χ1n) is 9.26. The van der Waals surface area contributed by atoms with Gasteiger partial charge in [0.1, 0.15) is 0 Å². The number of rotatable bonds is 4. The van der Waals surface area contributed by atoms with E-state index < -0.39 is 12.5 Å². The third kappa shape index (κ3) is 4.16. The van der Waals surface area contributed by atoms with Crippen LogP contribution in [0.15, 0.2) is 60.3 Å². The summed E-state index contributed by atoms with van der Waals surface area (Å²) in [5, 5.41) is 17.2. The molecule has 0 bridgehead atoms. The van der Waals surface area contributed by atoms with Crippen molar-refractivity contribution in [1.29, 1.82) is 0 Å². The van der Waals surface area contributed by atoms with Crippen LogP contribution in [0.1, 0.15) is 19.4 Å². The molecule has 4 rings (SSSR count). The largest absolute Gasteiger partial charge is 0.573 e. The zero-order valence-corrected chi connectivity index (χ0v) is 16.2. The molecule has 2 heterocycles. The standard InChI is InChI=1S/C21H19F3N4O2/c1-12-9-15(10-13(2)19(12)29)14-7-8-18-26-20(27-28(18)11-14)25-16-5-3-4-6-17(16)30-21(22,23)24/h3-12,19,29H,1-2H3,(H,25,27). The Labute approximate surface area is 170 Å². The van der Waals surface area contributed by atoms with Gasteiger partial charge in [-0.1, -0.05) is 31.2 Å². The van der Waals surface area contributed by atoms with Crippen LogP contribution in [0.4, 0.5) is 24.8 Å². The quantitative estimate of drug-likeness (QED) is 0.645. The fourth-order valence-corrected chi connectivity index (χ4v) is 3.36. The Balaban J connectivity index is 1.63. The van der Waals surface area contributed by atoms with Crippen LogP contribution in [0.3, 0.4) is 0 Å². The van der Waals surface area contributed by atoms with Gasteiger partial charge in [0.2, 0.25) is 5.95 Å². The van der Waals surface area contributed by atoms with Gasteiger partial charge in [0, 0.05) is 12.1 Å². The number of para-hydroxylation sites is 2. The molecule has 0 saturated carbocycles. The molecule has 2 unspecified atom stereocenters.